The van der Waals surface area contributed by atoms with Crippen LogP contribution < -0.4 is 15.2 Å². The molecule has 2 aromatic rings. The average Bonchev–Trinajstić information content (AvgIpc) is 2.52. The maximum absolute atomic E-state index is 6.31. The molecule has 3 nitrogen and oxygen atoms in total. The average molecular weight is 271 g/mol. The van der Waals surface area contributed by atoms with Crippen LogP contribution >= 0.6 is 0 Å². The number of hydrogen-bond donors (Lipinski definition) is 1. The minimum atomic E-state index is -0.0692. The highest BCUT2D eigenvalue weighted by molar-refractivity contribution is 5.42. The van der Waals surface area contributed by atoms with E-state index in [2.05, 4.69) is 12.1 Å². The number of hydrogen-bond acceptors (Lipinski definition) is 3. The smallest absolute Gasteiger partial charge is 0.123 e. The maximum Gasteiger partial charge on any atom is 0.123 e. The Morgan fingerprint density at radius 1 is 1.00 bits per heavy atom. The van der Waals surface area contributed by atoms with E-state index in [9.17, 15) is 0 Å². The van der Waals surface area contributed by atoms with Gasteiger partial charge < -0.3 is 15.2 Å². The molecule has 106 valence electrons. The lowest BCUT2D eigenvalue weighted by Crippen LogP contribution is -2.12. The van der Waals surface area contributed by atoms with E-state index in [1.54, 1.807) is 14.2 Å². The Morgan fingerprint density at radius 2 is 1.75 bits per heavy atom. The summed E-state index contributed by atoms with van der Waals surface area (Å²) in [4.78, 5) is 0. The zero-order chi connectivity index (χ0) is 14.4. The van der Waals surface area contributed by atoms with E-state index < -0.39 is 0 Å². The third kappa shape index (κ3) is 3.52. The molecule has 1 unspecified atom stereocenters. The first-order valence-electron chi connectivity index (χ1n) is 6.76. The minimum absolute atomic E-state index is 0.0692. The molecule has 1 atom stereocenters. The third-order valence-corrected chi connectivity index (χ3v) is 3.42. The fraction of sp³-hybridized carbons (Fsp3) is 0.294. The molecule has 0 bridgehead atoms. The molecule has 0 aliphatic rings. The second kappa shape index (κ2) is 6.96. The van der Waals surface area contributed by atoms with Crippen LogP contribution in [0.3, 0.4) is 0 Å². The first-order chi connectivity index (χ1) is 9.74. The highest BCUT2D eigenvalue weighted by Gasteiger charge is 2.13. The van der Waals surface area contributed by atoms with Crippen molar-refractivity contribution in [2.24, 2.45) is 5.73 Å². The van der Waals surface area contributed by atoms with E-state index in [1.807, 2.05) is 36.4 Å². The maximum atomic E-state index is 6.31. The molecular formula is C17H21NO2. The molecule has 20 heavy (non-hydrogen) atoms. The van der Waals surface area contributed by atoms with Crippen molar-refractivity contribution in [3.63, 3.8) is 0 Å². The SMILES string of the molecule is COc1ccc(OC)c(C(N)CCc2ccccc2)c1. The molecule has 0 spiro atoms. The Labute approximate surface area is 120 Å². The van der Waals surface area contributed by atoms with Crippen molar-refractivity contribution in [1.82, 2.24) is 0 Å². The van der Waals surface area contributed by atoms with Crippen LogP contribution in [-0.4, -0.2) is 14.2 Å². The van der Waals surface area contributed by atoms with E-state index in [4.69, 9.17) is 15.2 Å². The molecule has 0 heterocycles. The van der Waals surface area contributed by atoms with Crippen molar-refractivity contribution >= 4 is 0 Å². The van der Waals surface area contributed by atoms with E-state index in [-0.39, 0.29) is 6.04 Å². The van der Waals surface area contributed by atoms with Gasteiger partial charge in [-0.1, -0.05) is 30.3 Å². The van der Waals surface area contributed by atoms with Crippen molar-refractivity contribution in [2.75, 3.05) is 14.2 Å². The van der Waals surface area contributed by atoms with Crippen LogP contribution in [0.25, 0.3) is 0 Å². The van der Waals surface area contributed by atoms with E-state index >= 15 is 0 Å². The van der Waals surface area contributed by atoms with Crippen molar-refractivity contribution < 1.29 is 9.47 Å². The summed E-state index contributed by atoms with van der Waals surface area (Å²) in [6, 6.07) is 16.0. The Kier molecular flexibility index (Phi) is 5.02. The molecule has 3 heteroatoms. The first kappa shape index (κ1) is 14.4. The topological polar surface area (TPSA) is 44.5 Å². The van der Waals surface area contributed by atoms with Crippen LogP contribution in [0, 0.1) is 0 Å². The number of rotatable bonds is 6. The summed E-state index contributed by atoms with van der Waals surface area (Å²) in [5.41, 5.74) is 8.59. The van der Waals surface area contributed by atoms with E-state index in [0.29, 0.717) is 0 Å². The second-order valence-electron chi connectivity index (χ2n) is 4.74. The largest absolute Gasteiger partial charge is 0.497 e. The van der Waals surface area contributed by atoms with Gasteiger partial charge in [0.05, 0.1) is 14.2 Å². The molecule has 0 amide bonds. The molecule has 2 aromatic carbocycles. The second-order valence-corrected chi connectivity index (χ2v) is 4.74. The predicted molar refractivity (Wildman–Crippen MR) is 81.2 cm³/mol. The summed E-state index contributed by atoms with van der Waals surface area (Å²) in [6.07, 6.45) is 1.82. The molecule has 0 aliphatic carbocycles. The molecule has 0 fully saturated rings. The fourth-order valence-electron chi connectivity index (χ4n) is 2.25. The van der Waals surface area contributed by atoms with Gasteiger partial charge in [0, 0.05) is 11.6 Å². The molecule has 2 rings (SSSR count). The monoisotopic (exact) mass is 271 g/mol. The molecule has 0 aliphatic heterocycles. The number of aryl methyl sites for hydroxylation is 1. The molecule has 0 aromatic heterocycles. The zero-order valence-electron chi connectivity index (χ0n) is 12.0. The molecule has 0 saturated heterocycles. The summed E-state index contributed by atoms with van der Waals surface area (Å²) < 4.78 is 10.6. The number of nitrogens with two attached hydrogens (primary N) is 1. The van der Waals surface area contributed by atoms with E-state index in [1.165, 1.54) is 5.56 Å². The Hall–Kier alpha value is -2.00. The van der Waals surface area contributed by atoms with Crippen LogP contribution in [0.1, 0.15) is 23.6 Å². The van der Waals surface area contributed by atoms with Crippen molar-refractivity contribution in [1.29, 1.82) is 0 Å². The van der Waals surface area contributed by atoms with Gasteiger partial charge in [0.2, 0.25) is 0 Å². The Balaban J connectivity index is 2.09. The van der Waals surface area contributed by atoms with Crippen molar-refractivity contribution in [3.8, 4) is 11.5 Å². The van der Waals surface area contributed by atoms with Gasteiger partial charge in [-0.2, -0.15) is 0 Å². The summed E-state index contributed by atoms with van der Waals surface area (Å²) >= 11 is 0. The van der Waals surface area contributed by atoms with Gasteiger partial charge >= 0.3 is 0 Å². The van der Waals surface area contributed by atoms with Gasteiger partial charge in [-0.05, 0) is 36.6 Å². The Bertz CT molecular complexity index is 540. The van der Waals surface area contributed by atoms with Gasteiger partial charge in [0.15, 0.2) is 0 Å². The van der Waals surface area contributed by atoms with Gasteiger partial charge in [0.25, 0.3) is 0 Å². The van der Waals surface area contributed by atoms with Crippen LogP contribution in [0.2, 0.25) is 0 Å². The summed E-state index contributed by atoms with van der Waals surface area (Å²) in [5.74, 6) is 1.61. The Morgan fingerprint density at radius 3 is 2.40 bits per heavy atom. The van der Waals surface area contributed by atoms with Crippen LogP contribution in [0.15, 0.2) is 48.5 Å². The van der Waals surface area contributed by atoms with Gasteiger partial charge in [0.1, 0.15) is 11.5 Å². The molecular weight excluding hydrogens is 250 g/mol. The minimum Gasteiger partial charge on any atom is -0.497 e. The standard InChI is InChI=1S/C17H21NO2/c1-19-14-9-11-17(20-2)15(12-14)16(18)10-8-13-6-4-3-5-7-13/h3-7,9,11-12,16H,8,10,18H2,1-2H3. The number of methoxy groups -OCH3 is 2. The molecule has 2 N–H and O–H groups in total. The van der Waals surface area contributed by atoms with E-state index in [0.717, 1.165) is 29.9 Å². The van der Waals surface area contributed by atoms with Crippen molar-refractivity contribution in [3.05, 3.63) is 59.7 Å². The summed E-state index contributed by atoms with van der Waals surface area (Å²) in [7, 11) is 3.32. The van der Waals surface area contributed by atoms with Gasteiger partial charge in [-0.3, -0.25) is 0 Å². The first-order valence-corrected chi connectivity index (χ1v) is 6.76. The van der Waals surface area contributed by atoms with Gasteiger partial charge in [-0.15, -0.1) is 0 Å². The van der Waals surface area contributed by atoms with Crippen LogP contribution in [0.4, 0.5) is 0 Å². The lowest BCUT2D eigenvalue weighted by molar-refractivity contribution is 0.394. The third-order valence-electron chi connectivity index (χ3n) is 3.42. The highest BCUT2D eigenvalue weighted by atomic mass is 16.5. The van der Waals surface area contributed by atoms with Crippen molar-refractivity contribution in [2.45, 2.75) is 18.9 Å². The molecule has 0 saturated carbocycles. The highest BCUT2D eigenvalue weighted by Crippen LogP contribution is 2.30. The van der Waals surface area contributed by atoms with Crippen LogP contribution in [-0.2, 0) is 6.42 Å². The summed E-state index contributed by atoms with van der Waals surface area (Å²) in [6.45, 7) is 0. The lowest BCUT2D eigenvalue weighted by atomic mass is 9.98. The zero-order valence-corrected chi connectivity index (χ0v) is 12.0. The predicted octanol–water partition coefficient (Wildman–Crippen LogP) is 3.34. The lowest BCUT2D eigenvalue weighted by Gasteiger charge is -2.16. The normalized spacial score (nSPS) is 11.9. The van der Waals surface area contributed by atoms with Crippen LogP contribution in [0.5, 0.6) is 11.5 Å². The quantitative estimate of drug-likeness (QED) is 0.876. The number of benzene rings is 2. The summed E-state index contributed by atoms with van der Waals surface area (Å²) in [5, 5.41) is 0. The fourth-order valence-corrected chi connectivity index (χ4v) is 2.25. The number of ether oxygens (including phenoxy) is 2. The molecule has 0 radical (unpaired) electrons. The van der Waals surface area contributed by atoms with Gasteiger partial charge in [-0.25, -0.2) is 0 Å².